The Hall–Kier alpha value is -2.70. The quantitative estimate of drug-likeness (QED) is 0.852. The van der Waals surface area contributed by atoms with Crippen molar-refractivity contribution in [3.63, 3.8) is 0 Å². The highest BCUT2D eigenvalue weighted by molar-refractivity contribution is 5.94. The van der Waals surface area contributed by atoms with Crippen LogP contribution in [0, 0.1) is 12.7 Å². The second kappa shape index (κ2) is 7.46. The van der Waals surface area contributed by atoms with Crippen molar-refractivity contribution in [3.8, 4) is 11.8 Å². The molecule has 1 aromatic carbocycles. The van der Waals surface area contributed by atoms with Crippen LogP contribution >= 0.6 is 0 Å². The number of ether oxygens (including phenoxy) is 2. The highest BCUT2D eigenvalue weighted by Crippen LogP contribution is 2.24. The van der Waals surface area contributed by atoms with Gasteiger partial charge in [0.05, 0.1) is 13.7 Å². The van der Waals surface area contributed by atoms with Crippen molar-refractivity contribution >= 4 is 5.91 Å². The zero-order valence-electron chi connectivity index (χ0n) is 14.2. The summed E-state index contributed by atoms with van der Waals surface area (Å²) in [6, 6.07) is 4.55. The minimum absolute atomic E-state index is 0.196. The molecular formula is C18H20FN3O3. The number of carbonyl (C=O) groups is 1. The average molecular weight is 345 g/mol. The van der Waals surface area contributed by atoms with E-state index in [1.165, 1.54) is 25.6 Å². The molecule has 1 aromatic heterocycles. The Morgan fingerprint density at radius 3 is 2.76 bits per heavy atom. The second-order valence-electron chi connectivity index (χ2n) is 5.97. The highest BCUT2D eigenvalue weighted by Gasteiger charge is 2.27. The van der Waals surface area contributed by atoms with Crippen LogP contribution < -0.4 is 9.47 Å². The van der Waals surface area contributed by atoms with Crippen LogP contribution in [0.15, 0.2) is 30.6 Å². The maximum Gasteiger partial charge on any atom is 0.278 e. The number of nitrogens with zero attached hydrogens (tertiary/aromatic N) is 3. The first-order valence-corrected chi connectivity index (χ1v) is 8.15. The van der Waals surface area contributed by atoms with Gasteiger partial charge in [0.15, 0.2) is 0 Å². The molecule has 0 radical (unpaired) electrons. The molecule has 1 atom stereocenters. The van der Waals surface area contributed by atoms with Crippen molar-refractivity contribution in [2.45, 2.75) is 25.9 Å². The van der Waals surface area contributed by atoms with E-state index in [2.05, 4.69) is 9.97 Å². The topological polar surface area (TPSA) is 64.6 Å². The van der Waals surface area contributed by atoms with Gasteiger partial charge in [-0.3, -0.25) is 4.79 Å². The lowest BCUT2D eigenvalue weighted by molar-refractivity contribution is 0.0519. The van der Waals surface area contributed by atoms with Gasteiger partial charge in [0, 0.05) is 24.5 Å². The van der Waals surface area contributed by atoms with Crippen LogP contribution in [0.1, 0.15) is 28.8 Å². The lowest BCUT2D eigenvalue weighted by atomic mass is 10.1. The number of amides is 1. The Morgan fingerprint density at radius 2 is 2.04 bits per heavy atom. The molecule has 25 heavy (non-hydrogen) atoms. The molecule has 2 heterocycles. The summed E-state index contributed by atoms with van der Waals surface area (Å²) in [6.07, 6.45) is 4.44. The molecule has 1 fully saturated rings. The fourth-order valence-corrected chi connectivity index (χ4v) is 2.82. The molecule has 1 amide bonds. The van der Waals surface area contributed by atoms with Gasteiger partial charge in [0.25, 0.3) is 17.7 Å². The molecule has 2 aromatic rings. The summed E-state index contributed by atoms with van der Waals surface area (Å²) in [5, 5.41) is 0. The number of hydrogen-bond acceptors (Lipinski definition) is 5. The Morgan fingerprint density at radius 1 is 1.28 bits per heavy atom. The van der Waals surface area contributed by atoms with E-state index in [1.807, 2.05) is 0 Å². The van der Waals surface area contributed by atoms with Gasteiger partial charge < -0.3 is 14.4 Å². The van der Waals surface area contributed by atoms with Gasteiger partial charge >= 0.3 is 0 Å². The number of hydrogen-bond donors (Lipinski definition) is 0. The van der Waals surface area contributed by atoms with Crippen molar-refractivity contribution in [2.24, 2.45) is 0 Å². The Kier molecular flexibility index (Phi) is 5.11. The zero-order valence-corrected chi connectivity index (χ0v) is 14.2. The molecule has 0 bridgehead atoms. The van der Waals surface area contributed by atoms with Crippen molar-refractivity contribution in [3.05, 3.63) is 47.5 Å². The highest BCUT2D eigenvalue weighted by atomic mass is 19.1. The van der Waals surface area contributed by atoms with Crippen molar-refractivity contribution in [1.29, 1.82) is 0 Å². The smallest absolute Gasteiger partial charge is 0.278 e. The Labute approximate surface area is 145 Å². The first-order chi connectivity index (χ1) is 12.1. The zero-order chi connectivity index (χ0) is 17.8. The number of carbonyl (C=O) groups excluding carboxylic acids is 1. The van der Waals surface area contributed by atoms with E-state index < -0.39 is 0 Å². The van der Waals surface area contributed by atoms with Crippen LogP contribution in [-0.4, -0.2) is 47.1 Å². The van der Waals surface area contributed by atoms with E-state index in [9.17, 15) is 9.18 Å². The molecule has 3 rings (SSSR count). The number of aromatic nitrogens is 2. The number of methoxy groups -OCH3 is 1. The predicted octanol–water partition coefficient (Wildman–Crippen LogP) is 2.62. The minimum Gasteiger partial charge on any atom is -0.477 e. The molecule has 1 unspecified atom stereocenters. The number of rotatable bonds is 4. The van der Waals surface area contributed by atoms with Crippen LogP contribution in [0.2, 0.25) is 0 Å². The third-order valence-electron chi connectivity index (χ3n) is 4.19. The summed E-state index contributed by atoms with van der Waals surface area (Å²) in [6.45, 7) is 2.70. The molecule has 1 saturated heterocycles. The lowest BCUT2D eigenvalue weighted by Gasteiger charge is -2.32. The van der Waals surface area contributed by atoms with Crippen molar-refractivity contribution in [2.75, 3.05) is 20.2 Å². The van der Waals surface area contributed by atoms with E-state index in [-0.39, 0.29) is 17.8 Å². The van der Waals surface area contributed by atoms with E-state index in [4.69, 9.17) is 9.47 Å². The maximum atomic E-state index is 13.7. The van der Waals surface area contributed by atoms with Crippen LogP contribution in [0.4, 0.5) is 4.39 Å². The number of likely N-dealkylation sites (tertiary alicyclic amines) is 1. The summed E-state index contributed by atoms with van der Waals surface area (Å²) in [7, 11) is 1.50. The van der Waals surface area contributed by atoms with Crippen molar-refractivity contribution in [1.82, 2.24) is 14.9 Å². The summed E-state index contributed by atoms with van der Waals surface area (Å²) in [5.41, 5.74) is 0.868. The fourth-order valence-electron chi connectivity index (χ4n) is 2.82. The van der Waals surface area contributed by atoms with Gasteiger partial charge in [-0.25, -0.2) is 14.4 Å². The van der Waals surface area contributed by atoms with Crippen LogP contribution in [0.25, 0.3) is 0 Å². The van der Waals surface area contributed by atoms with Gasteiger partial charge in [0.1, 0.15) is 11.9 Å². The van der Waals surface area contributed by atoms with Crippen LogP contribution in [0.5, 0.6) is 11.8 Å². The standard InChI is InChI=1S/C18H20FN3O3/c1-12-5-6-13(10-15(12)19)18(23)22-9-3-4-14(11-22)25-17-16(24-2)20-7-8-21-17/h5-8,10,14H,3-4,9,11H2,1-2H3. The largest absolute Gasteiger partial charge is 0.477 e. The molecule has 1 aliphatic heterocycles. The summed E-state index contributed by atoms with van der Waals surface area (Å²) < 4.78 is 24.7. The van der Waals surface area contributed by atoms with Crippen LogP contribution in [0.3, 0.4) is 0 Å². The number of piperidine rings is 1. The number of halogens is 1. The molecule has 0 aliphatic carbocycles. The first kappa shape index (κ1) is 17.1. The SMILES string of the molecule is COc1nccnc1OC1CCCN(C(=O)c2ccc(C)c(F)c2)C1. The molecular weight excluding hydrogens is 325 g/mol. The summed E-state index contributed by atoms with van der Waals surface area (Å²) in [4.78, 5) is 22.5. The molecule has 132 valence electrons. The van der Waals surface area contributed by atoms with Crippen molar-refractivity contribution < 1.29 is 18.7 Å². The minimum atomic E-state index is -0.375. The van der Waals surface area contributed by atoms with E-state index >= 15 is 0 Å². The first-order valence-electron chi connectivity index (χ1n) is 8.15. The monoisotopic (exact) mass is 345 g/mol. The van der Waals surface area contributed by atoms with Gasteiger partial charge in [-0.2, -0.15) is 0 Å². The van der Waals surface area contributed by atoms with Gasteiger partial charge in [-0.05, 0) is 37.5 Å². The van der Waals surface area contributed by atoms with Gasteiger partial charge in [-0.1, -0.05) is 6.07 Å². The molecule has 1 aliphatic rings. The predicted molar refractivity (Wildman–Crippen MR) is 89.3 cm³/mol. The fraction of sp³-hybridized carbons (Fsp3) is 0.389. The molecule has 7 heteroatoms. The normalized spacial score (nSPS) is 17.2. The summed E-state index contributed by atoms with van der Waals surface area (Å²) >= 11 is 0. The molecule has 0 N–H and O–H groups in total. The molecule has 0 saturated carbocycles. The van der Waals surface area contributed by atoms with Gasteiger partial charge in [-0.15, -0.1) is 0 Å². The molecule has 6 nitrogen and oxygen atoms in total. The number of benzene rings is 1. The Balaban J connectivity index is 1.70. The summed E-state index contributed by atoms with van der Waals surface area (Å²) in [5.74, 6) is 0.0514. The Bertz CT molecular complexity index is 769. The second-order valence-corrected chi connectivity index (χ2v) is 5.97. The van der Waals surface area contributed by atoms with E-state index in [0.717, 1.165) is 12.8 Å². The van der Waals surface area contributed by atoms with E-state index in [0.29, 0.717) is 36.0 Å². The van der Waals surface area contributed by atoms with E-state index in [1.54, 1.807) is 24.0 Å². The molecule has 0 spiro atoms. The van der Waals surface area contributed by atoms with Crippen LogP contribution in [-0.2, 0) is 0 Å². The number of aryl methyl sites for hydroxylation is 1. The average Bonchev–Trinajstić information content (AvgIpc) is 2.64. The third-order valence-corrected chi connectivity index (χ3v) is 4.19. The van der Waals surface area contributed by atoms with Gasteiger partial charge in [0.2, 0.25) is 0 Å². The maximum absolute atomic E-state index is 13.7. The lowest BCUT2D eigenvalue weighted by Crippen LogP contribution is -2.44. The third kappa shape index (κ3) is 3.87.